The van der Waals surface area contributed by atoms with Gasteiger partial charge in [-0.05, 0) is 42.9 Å². The van der Waals surface area contributed by atoms with E-state index in [9.17, 15) is 4.79 Å². The van der Waals surface area contributed by atoms with Crippen molar-refractivity contribution >= 4 is 21.8 Å². The average Bonchev–Trinajstić information content (AvgIpc) is 2.56. The van der Waals surface area contributed by atoms with Gasteiger partial charge in [0.05, 0.1) is 14.2 Å². The van der Waals surface area contributed by atoms with Crippen molar-refractivity contribution in [3.05, 3.63) is 22.2 Å². The molecule has 0 heterocycles. The van der Waals surface area contributed by atoms with Gasteiger partial charge in [-0.3, -0.25) is 4.79 Å². The van der Waals surface area contributed by atoms with Gasteiger partial charge in [-0.15, -0.1) is 0 Å². The first kappa shape index (κ1) is 18.1. The fourth-order valence-corrected chi connectivity index (χ4v) is 3.67. The van der Waals surface area contributed by atoms with E-state index >= 15 is 0 Å². The number of hydrogen-bond donors (Lipinski definition) is 1. The van der Waals surface area contributed by atoms with E-state index in [0.717, 1.165) is 16.5 Å². The first-order chi connectivity index (χ1) is 11.1. The third-order valence-electron chi connectivity index (χ3n) is 4.47. The number of rotatable bonds is 7. The van der Waals surface area contributed by atoms with Crippen molar-refractivity contribution in [2.24, 2.45) is 5.92 Å². The summed E-state index contributed by atoms with van der Waals surface area (Å²) in [6, 6.07) is 3.86. The minimum absolute atomic E-state index is 0.175. The molecule has 0 bridgehead atoms. The summed E-state index contributed by atoms with van der Waals surface area (Å²) >= 11 is 3.55. The normalized spacial score (nSPS) is 15.3. The highest BCUT2D eigenvalue weighted by Crippen LogP contribution is 2.33. The third-order valence-corrected chi connectivity index (χ3v) is 5.21. The Morgan fingerprint density at radius 2 is 1.83 bits per heavy atom. The Bertz CT molecular complexity index is 527. The Hall–Kier alpha value is -1.23. The minimum Gasteiger partial charge on any atom is -0.493 e. The maximum Gasteiger partial charge on any atom is 0.220 e. The Kier molecular flexibility index (Phi) is 7.21. The largest absolute Gasteiger partial charge is 0.493 e. The quantitative estimate of drug-likeness (QED) is 0.770. The Morgan fingerprint density at radius 3 is 2.48 bits per heavy atom. The summed E-state index contributed by atoms with van der Waals surface area (Å²) < 4.78 is 11.6. The van der Waals surface area contributed by atoms with Crippen molar-refractivity contribution in [1.29, 1.82) is 0 Å². The smallest absolute Gasteiger partial charge is 0.220 e. The zero-order valence-corrected chi connectivity index (χ0v) is 15.6. The fourth-order valence-electron chi connectivity index (χ4n) is 3.15. The first-order valence-electron chi connectivity index (χ1n) is 8.31. The van der Waals surface area contributed by atoms with Crippen LogP contribution in [0, 0.1) is 5.92 Å². The van der Waals surface area contributed by atoms with Crippen molar-refractivity contribution in [2.45, 2.75) is 44.9 Å². The van der Waals surface area contributed by atoms with E-state index in [1.165, 1.54) is 32.1 Å². The van der Waals surface area contributed by atoms with E-state index in [-0.39, 0.29) is 5.91 Å². The van der Waals surface area contributed by atoms with Crippen LogP contribution < -0.4 is 14.8 Å². The summed E-state index contributed by atoms with van der Waals surface area (Å²) in [4.78, 5) is 12.0. The van der Waals surface area contributed by atoms with Crippen LogP contribution in [0.5, 0.6) is 11.5 Å². The zero-order chi connectivity index (χ0) is 16.7. The minimum atomic E-state index is 0.175. The van der Waals surface area contributed by atoms with Crippen LogP contribution >= 0.6 is 15.9 Å². The van der Waals surface area contributed by atoms with Gasteiger partial charge in [0.15, 0.2) is 11.5 Å². The molecule has 1 amide bonds. The molecule has 0 aromatic heterocycles. The number of hydrogen-bond acceptors (Lipinski definition) is 3. The maximum atomic E-state index is 12.0. The molecule has 2 rings (SSSR count). The van der Waals surface area contributed by atoms with Crippen LogP contribution in [0.15, 0.2) is 16.6 Å². The van der Waals surface area contributed by atoms with E-state index in [0.29, 0.717) is 30.4 Å². The summed E-state index contributed by atoms with van der Waals surface area (Å²) in [6.07, 6.45) is 7.71. The Morgan fingerprint density at radius 1 is 1.17 bits per heavy atom. The molecule has 0 spiro atoms. The van der Waals surface area contributed by atoms with E-state index in [4.69, 9.17) is 9.47 Å². The number of halogens is 1. The van der Waals surface area contributed by atoms with Crippen LogP contribution in [0.3, 0.4) is 0 Å². The van der Waals surface area contributed by atoms with Crippen LogP contribution in [0.1, 0.15) is 44.1 Å². The Balaban J connectivity index is 1.82. The monoisotopic (exact) mass is 383 g/mol. The summed E-state index contributed by atoms with van der Waals surface area (Å²) in [5, 5.41) is 3.04. The van der Waals surface area contributed by atoms with Gasteiger partial charge in [-0.25, -0.2) is 0 Å². The first-order valence-corrected chi connectivity index (χ1v) is 9.10. The molecule has 1 fully saturated rings. The number of amides is 1. The van der Waals surface area contributed by atoms with E-state index in [2.05, 4.69) is 21.2 Å². The second kappa shape index (κ2) is 9.16. The second-order valence-electron chi connectivity index (χ2n) is 6.11. The molecule has 1 N–H and O–H groups in total. The molecule has 5 heteroatoms. The molecule has 1 aromatic rings. The lowest BCUT2D eigenvalue weighted by Gasteiger charge is -2.20. The molecule has 0 unspecified atom stereocenters. The standard InChI is InChI=1S/C18H26BrNO3/c1-22-16-11-14(15(19)12-17(16)23-2)8-9-20-18(21)10-13-6-4-3-5-7-13/h11-13H,3-10H2,1-2H3,(H,20,21). The third kappa shape index (κ3) is 5.41. The lowest BCUT2D eigenvalue weighted by Crippen LogP contribution is -2.28. The fraction of sp³-hybridized carbons (Fsp3) is 0.611. The second-order valence-corrected chi connectivity index (χ2v) is 6.96. The number of methoxy groups -OCH3 is 2. The van der Waals surface area contributed by atoms with Crippen molar-refractivity contribution in [3.63, 3.8) is 0 Å². The predicted molar refractivity (Wildman–Crippen MR) is 95.2 cm³/mol. The van der Waals surface area contributed by atoms with E-state index < -0.39 is 0 Å². The molecule has 0 radical (unpaired) electrons. The molecule has 128 valence electrons. The zero-order valence-electron chi connectivity index (χ0n) is 14.0. The number of ether oxygens (including phenoxy) is 2. The predicted octanol–water partition coefficient (Wildman–Crippen LogP) is 4.10. The van der Waals surface area contributed by atoms with Crippen molar-refractivity contribution in [2.75, 3.05) is 20.8 Å². The molecule has 0 atom stereocenters. The van der Waals surface area contributed by atoms with E-state index in [1.54, 1.807) is 14.2 Å². The number of benzene rings is 1. The summed E-state index contributed by atoms with van der Waals surface area (Å²) in [5.41, 5.74) is 1.10. The number of nitrogens with one attached hydrogen (secondary N) is 1. The maximum absolute atomic E-state index is 12.0. The van der Waals surface area contributed by atoms with Crippen LogP contribution in [-0.2, 0) is 11.2 Å². The van der Waals surface area contributed by atoms with Gasteiger partial charge in [0.25, 0.3) is 0 Å². The van der Waals surface area contributed by atoms with Gasteiger partial charge in [0.2, 0.25) is 5.91 Å². The lowest BCUT2D eigenvalue weighted by atomic mass is 9.87. The molecular formula is C18H26BrNO3. The van der Waals surface area contributed by atoms with Crippen molar-refractivity contribution in [3.8, 4) is 11.5 Å². The van der Waals surface area contributed by atoms with Crippen LogP contribution in [0.4, 0.5) is 0 Å². The SMILES string of the molecule is COc1cc(Br)c(CCNC(=O)CC2CCCCC2)cc1OC. The lowest BCUT2D eigenvalue weighted by molar-refractivity contribution is -0.122. The molecule has 1 aliphatic carbocycles. The molecule has 4 nitrogen and oxygen atoms in total. The van der Waals surface area contributed by atoms with Gasteiger partial charge in [0, 0.05) is 17.4 Å². The van der Waals surface area contributed by atoms with E-state index in [1.807, 2.05) is 12.1 Å². The highest BCUT2D eigenvalue weighted by Gasteiger charge is 2.17. The number of carbonyl (C=O) groups is 1. The molecule has 1 aliphatic rings. The molecule has 0 saturated heterocycles. The topological polar surface area (TPSA) is 47.6 Å². The van der Waals surface area contributed by atoms with Gasteiger partial charge in [-0.1, -0.05) is 35.2 Å². The number of carbonyl (C=O) groups excluding carboxylic acids is 1. The highest BCUT2D eigenvalue weighted by atomic mass is 79.9. The molecule has 1 saturated carbocycles. The summed E-state index contributed by atoms with van der Waals surface area (Å²) in [5.74, 6) is 2.16. The van der Waals surface area contributed by atoms with Gasteiger partial charge >= 0.3 is 0 Å². The summed E-state index contributed by atoms with van der Waals surface area (Å²) in [7, 11) is 3.25. The van der Waals surface area contributed by atoms with Crippen LogP contribution in [0.25, 0.3) is 0 Å². The van der Waals surface area contributed by atoms with Crippen LogP contribution in [0.2, 0.25) is 0 Å². The highest BCUT2D eigenvalue weighted by molar-refractivity contribution is 9.10. The average molecular weight is 384 g/mol. The van der Waals surface area contributed by atoms with Gasteiger partial charge in [-0.2, -0.15) is 0 Å². The van der Waals surface area contributed by atoms with Gasteiger partial charge < -0.3 is 14.8 Å². The molecule has 23 heavy (non-hydrogen) atoms. The van der Waals surface area contributed by atoms with Gasteiger partial charge in [0.1, 0.15) is 0 Å². The Labute approximate surface area is 147 Å². The van der Waals surface area contributed by atoms with Crippen molar-refractivity contribution < 1.29 is 14.3 Å². The molecule has 1 aromatic carbocycles. The molecule has 0 aliphatic heterocycles. The van der Waals surface area contributed by atoms with Crippen molar-refractivity contribution in [1.82, 2.24) is 5.32 Å². The summed E-state index contributed by atoms with van der Waals surface area (Å²) in [6.45, 7) is 0.639. The molecular weight excluding hydrogens is 358 g/mol. The van der Waals surface area contributed by atoms with Crippen LogP contribution in [-0.4, -0.2) is 26.7 Å².